The zero-order valence-corrected chi connectivity index (χ0v) is 32.4. The maximum atomic E-state index is 2.28. The fraction of sp³-hybridized carbons (Fsp3) is 0.0909. The molecule has 0 N–H and O–H groups in total. The fourth-order valence-electron chi connectivity index (χ4n) is 6.16. The first-order valence-corrected chi connectivity index (χ1v) is 16.9. The number of rotatable bonds is 2. The molecule has 0 aliphatic carbocycles. The van der Waals surface area contributed by atoms with Gasteiger partial charge in [-0.1, -0.05) is 135 Å². The Kier molecular flexibility index (Phi) is 13.2. The summed E-state index contributed by atoms with van der Waals surface area (Å²) in [6, 6.07) is 52.5. The number of fused-ring (bicyclic) bond motifs is 4. The first-order valence-electron chi connectivity index (χ1n) is 14.9. The Labute approximate surface area is 297 Å². The van der Waals surface area contributed by atoms with Crippen LogP contribution in [-0.2, 0) is 25.8 Å². The molecule has 0 aliphatic heterocycles. The van der Waals surface area contributed by atoms with E-state index in [1.165, 1.54) is 76.5 Å². The van der Waals surface area contributed by atoms with E-state index in [0.29, 0.717) is 0 Å². The van der Waals surface area contributed by atoms with Gasteiger partial charge in [0, 0.05) is 9.52 Å². The average Bonchev–Trinajstić information content (AvgIpc) is 3.62. The smallest absolute Gasteiger partial charge is 0.358 e. The van der Waals surface area contributed by atoms with Gasteiger partial charge in [-0.15, -0.1) is 69.1 Å². The summed E-state index contributed by atoms with van der Waals surface area (Å²) in [6.45, 7) is 8.62. The zero-order valence-electron chi connectivity index (χ0n) is 27.9. The number of aryl methyl sites for hydroxylation is 2. The van der Waals surface area contributed by atoms with E-state index in [-0.39, 0.29) is 40.7 Å². The van der Waals surface area contributed by atoms with Crippen LogP contribution in [0.2, 0.25) is 13.1 Å². The maximum Gasteiger partial charge on any atom is 4.00 e. The van der Waals surface area contributed by atoms with E-state index in [2.05, 4.69) is 173 Å². The molecule has 8 aromatic rings. The summed E-state index contributed by atoms with van der Waals surface area (Å²) in [4.78, 5) is 0. The molecular weight excluding hydrogens is 735 g/mol. The quantitative estimate of drug-likeness (QED) is 0.121. The normalized spacial score (nSPS) is 10.2. The van der Waals surface area contributed by atoms with Crippen LogP contribution in [0.4, 0.5) is 0 Å². The van der Waals surface area contributed by atoms with Crippen LogP contribution in [-0.4, -0.2) is 9.52 Å². The Hall–Kier alpha value is -3.85. The SMILES string of the molecule is C[Si]C.Cc1cc2c(-c3cccc4ccccc34)cccc2[cH-]1.Cc1cc2c(-c3cccc4ccccc34)cccc2[cH-]1.[CH3-].[CH3-].[Hf+4]. The Morgan fingerprint density at radius 2 is 0.717 bits per heavy atom. The van der Waals surface area contributed by atoms with Crippen LogP contribution in [0.1, 0.15) is 11.1 Å². The van der Waals surface area contributed by atoms with E-state index in [9.17, 15) is 0 Å². The van der Waals surface area contributed by atoms with Crippen LogP contribution in [0.3, 0.4) is 0 Å². The Balaban J connectivity index is 0.000000218. The molecule has 0 heterocycles. The van der Waals surface area contributed by atoms with Crippen molar-refractivity contribution in [3.63, 3.8) is 0 Å². The van der Waals surface area contributed by atoms with Crippen LogP contribution >= 0.6 is 0 Å². The van der Waals surface area contributed by atoms with Gasteiger partial charge in [0.1, 0.15) is 0 Å². The molecule has 0 unspecified atom stereocenters. The summed E-state index contributed by atoms with van der Waals surface area (Å²) >= 11 is 0. The third-order valence-corrected chi connectivity index (χ3v) is 7.95. The molecule has 8 rings (SSSR count). The number of hydrogen-bond donors (Lipinski definition) is 0. The Morgan fingerprint density at radius 1 is 0.413 bits per heavy atom. The van der Waals surface area contributed by atoms with Crippen LogP contribution in [0.15, 0.2) is 146 Å². The van der Waals surface area contributed by atoms with Crippen molar-refractivity contribution in [1.29, 1.82) is 0 Å². The molecule has 2 heteroatoms. The predicted molar refractivity (Wildman–Crippen MR) is 205 cm³/mol. The molecule has 0 fully saturated rings. The van der Waals surface area contributed by atoms with Crippen LogP contribution in [0.5, 0.6) is 0 Å². The molecule has 0 amide bonds. The molecule has 0 nitrogen and oxygen atoms in total. The third kappa shape index (κ3) is 7.57. The second-order valence-electron chi connectivity index (χ2n) is 11.2. The van der Waals surface area contributed by atoms with Crippen LogP contribution in [0.25, 0.3) is 65.3 Å². The molecule has 0 atom stereocenters. The van der Waals surface area contributed by atoms with Crippen LogP contribution < -0.4 is 0 Å². The summed E-state index contributed by atoms with van der Waals surface area (Å²) in [7, 11) is 1.08. The Bertz CT molecular complexity index is 2000. The van der Waals surface area contributed by atoms with Gasteiger partial charge >= 0.3 is 25.8 Å². The van der Waals surface area contributed by atoms with Gasteiger partial charge in [0.15, 0.2) is 0 Å². The zero-order chi connectivity index (χ0) is 29.8. The second kappa shape index (κ2) is 16.6. The predicted octanol–water partition coefficient (Wildman–Crippen LogP) is 13.1. The third-order valence-electron chi connectivity index (χ3n) is 7.95. The minimum Gasteiger partial charge on any atom is -0.358 e. The largest absolute Gasteiger partial charge is 4.00 e. The summed E-state index contributed by atoms with van der Waals surface area (Å²) in [6.07, 6.45) is 0. The molecule has 0 saturated carbocycles. The monoisotopic (exact) mass is 778 g/mol. The Morgan fingerprint density at radius 3 is 1.11 bits per heavy atom. The molecule has 0 bridgehead atoms. The second-order valence-corrected chi connectivity index (χ2v) is 12.2. The maximum absolute atomic E-state index is 2.28. The van der Waals surface area contributed by atoms with Gasteiger partial charge < -0.3 is 14.9 Å². The van der Waals surface area contributed by atoms with Gasteiger partial charge in [0.25, 0.3) is 0 Å². The van der Waals surface area contributed by atoms with E-state index in [0.717, 1.165) is 9.52 Å². The summed E-state index contributed by atoms with van der Waals surface area (Å²) in [5.41, 5.74) is 7.94. The summed E-state index contributed by atoms with van der Waals surface area (Å²) in [5, 5.41) is 10.6. The fourth-order valence-corrected chi connectivity index (χ4v) is 6.16. The molecule has 46 heavy (non-hydrogen) atoms. The molecule has 0 aromatic heterocycles. The molecule has 8 aromatic carbocycles. The van der Waals surface area contributed by atoms with E-state index in [1.54, 1.807) is 0 Å². The van der Waals surface area contributed by atoms with Gasteiger partial charge in [0.2, 0.25) is 0 Å². The van der Waals surface area contributed by atoms with E-state index in [4.69, 9.17) is 0 Å². The van der Waals surface area contributed by atoms with Crippen molar-refractivity contribution >= 4 is 52.6 Å². The first kappa shape index (κ1) is 36.6. The standard InChI is InChI=1S/2C20H15.C2H6Si.2CH3.Hf/c2*1-14-12-16-8-5-11-19(20(16)13-14)18-10-4-7-15-6-2-3-9-17(15)18;1-3-2;;;/h2*2-13H,1H3;1-2H3;2*1H3;/q2*-1;;2*-1;+4. The molecule has 0 aliphatic rings. The van der Waals surface area contributed by atoms with Gasteiger partial charge in [-0.3, -0.25) is 0 Å². The van der Waals surface area contributed by atoms with Crippen molar-refractivity contribution in [3.05, 3.63) is 172 Å². The average molecular weight is 777 g/mol. The van der Waals surface area contributed by atoms with Crippen LogP contribution in [0, 0.1) is 28.7 Å². The van der Waals surface area contributed by atoms with Gasteiger partial charge in [-0.2, -0.15) is 12.1 Å². The van der Waals surface area contributed by atoms with Crippen molar-refractivity contribution < 1.29 is 25.8 Å². The molecule has 2 radical (unpaired) electrons. The van der Waals surface area contributed by atoms with Crippen molar-refractivity contribution in [1.82, 2.24) is 0 Å². The number of benzene rings is 6. The molecule has 0 spiro atoms. The van der Waals surface area contributed by atoms with Crippen molar-refractivity contribution in [2.45, 2.75) is 26.9 Å². The van der Waals surface area contributed by atoms with Crippen molar-refractivity contribution in [2.75, 3.05) is 0 Å². The van der Waals surface area contributed by atoms with Gasteiger partial charge in [0.05, 0.1) is 0 Å². The molecule has 226 valence electrons. The molecular formula is C44H42HfSi. The number of hydrogen-bond acceptors (Lipinski definition) is 0. The van der Waals surface area contributed by atoms with Gasteiger partial charge in [-0.25, -0.2) is 0 Å². The summed E-state index contributed by atoms with van der Waals surface area (Å²) in [5.74, 6) is 0. The van der Waals surface area contributed by atoms with E-state index < -0.39 is 0 Å². The minimum atomic E-state index is 0. The van der Waals surface area contributed by atoms with E-state index in [1.807, 2.05) is 0 Å². The van der Waals surface area contributed by atoms with E-state index >= 15 is 0 Å². The van der Waals surface area contributed by atoms with Gasteiger partial charge in [-0.05, 0) is 32.7 Å². The van der Waals surface area contributed by atoms with Crippen molar-refractivity contribution in [2.24, 2.45) is 0 Å². The first-order chi connectivity index (χ1) is 21.1. The summed E-state index contributed by atoms with van der Waals surface area (Å²) < 4.78 is 0. The molecule has 0 saturated heterocycles. The van der Waals surface area contributed by atoms with Crippen molar-refractivity contribution in [3.8, 4) is 22.3 Å². The minimum absolute atomic E-state index is 0. The topological polar surface area (TPSA) is 0 Å².